The number of rotatable bonds is 3. The Balaban J connectivity index is 1.47. The molecule has 3 aliphatic rings. The van der Waals surface area contributed by atoms with Crippen molar-refractivity contribution < 1.29 is 14.7 Å². The fourth-order valence-corrected chi connectivity index (χ4v) is 4.61. The van der Waals surface area contributed by atoms with E-state index in [4.69, 9.17) is 0 Å². The second-order valence-corrected chi connectivity index (χ2v) is 7.58. The second-order valence-electron chi connectivity index (χ2n) is 7.58. The summed E-state index contributed by atoms with van der Waals surface area (Å²) in [7, 11) is 0. The first kappa shape index (κ1) is 13.8. The summed E-state index contributed by atoms with van der Waals surface area (Å²) in [6.45, 7) is 3.73. The lowest BCUT2D eigenvalue weighted by atomic mass is 9.92. The number of carbonyl (C=O) groups excluding carboxylic acids is 1. The van der Waals surface area contributed by atoms with Crippen molar-refractivity contribution in [2.24, 2.45) is 23.2 Å². The van der Waals surface area contributed by atoms with Gasteiger partial charge in [-0.25, -0.2) is 0 Å². The molecule has 0 heterocycles. The molecule has 5 atom stereocenters. The van der Waals surface area contributed by atoms with E-state index in [0.717, 1.165) is 12.8 Å². The van der Waals surface area contributed by atoms with Crippen molar-refractivity contribution >= 4 is 11.9 Å². The molecule has 3 aliphatic carbocycles. The molecule has 0 saturated heterocycles. The second kappa shape index (κ2) is 4.34. The minimum absolute atomic E-state index is 0.0747. The SMILES string of the molecule is CC1(C)[C@H](C(=O)O)[C@@H]1C(=O)NC1C2CCc3ccccc3C21. The molecule has 22 heavy (non-hydrogen) atoms. The summed E-state index contributed by atoms with van der Waals surface area (Å²) in [6, 6.07) is 8.66. The van der Waals surface area contributed by atoms with Crippen molar-refractivity contribution in [3.63, 3.8) is 0 Å². The number of aliphatic carboxylic acids is 1. The molecule has 2 saturated carbocycles. The Morgan fingerprint density at radius 3 is 2.64 bits per heavy atom. The molecule has 1 amide bonds. The first-order valence-electron chi connectivity index (χ1n) is 8.04. The third-order valence-electron chi connectivity index (χ3n) is 6.01. The van der Waals surface area contributed by atoms with Crippen LogP contribution in [0.25, 0.3) is 0 Å². The molecule has 2 fully saturated rings. The van der Waals surface area contributed by atoms with Crippen LogP contribution in [0.3, 0.4) is 0 Å². The quantitative estimate of drug-likeness (QED) is 0.899. The molecule has 1 aromatic carbocycles. The zero-order valence-corrected chi connectivity index (χ0v) is 12.9. The lowest BCUT2D eigenvalue weighted by Crippen LogP contribution is -2.30. The van der Waals surface area contributed by atoms with Crippen LogP contribution in [-0.2, 0) is 16.0 Å². The van der Waals surface area contributed by atoms with Crippen LogP contribution in [0.15, 0.2) is 24.3 Å². The number of hydrogen-bond acceptors (Lipinski definition) is 2. The van der Waals surface area contributed by atoms with Crippen molar-refractivity contribution in [1.82, 2.24) is 5.32 Å². The van der Waals surface area contributed by atoms with Crippen LogP contribution >= 0.6 is 0 Å². The summed E-state index contributed by atoms with van der Waals surface area (Å²) in [5.41, 5.74) is 2.35. The topological polar surface area (TPSA) is 66.4 Å². The van der Waals surface area contributed by atoms with E-state index in [1.165, 1.54) is 11.1 Å². The van der Waals surface area contributed by atoms with Crippen LogP contribution in [-0.4, -0.2) is 23.0 Å². The number of nitrogens with one attached hydrogen (secondary N) is 1. The van der Waals surface area contributed by atoms with Crippen LogP contribution in [0.4, 0.5) is 0 Å². The summed E-state index contributed by atoms with van der Waals surface area (Å²) in [5, 5.41) is 12.4. The summed E-state index contributed by atoms with van der Waals surface area (Å²) in [4.78, 5) is 23.7. The molecule has 4 rings (SSSR count). The van der Waals surface area contributed by atoms with Gasteiger partial charge in [0.05, 0.1) is 11.8 Å². The van der Waals surface area contributed by atoms with Gasteiger partial charge >= 0.3 is 5.97 Å². The fraction of sp³-hybridized carbons (Fsp3) is 0.556. The number of carboxylic acid groups (broad SMARTS) is 1. The van der Waals surface area contributed by atoms with Gasteiger partial charge in [-0.05, 0) is 35.3 Å². The highest BCUT2D eigenvalue weighted by Gasteiger charge is 2.67. The van der Waals surface area contributed by atoms with Crippen molar-refractivity contribution in [1.29, 1.82) is 0 Å². The van der Waals surface area contributed by atoms with Crippen LogP contribution < -0.4 is 5.32 Å². The van der Waals surface area contributed by atoms with E-state index in [-0.39, 0.29) is 17.9 Å². The van der Waals surface area contributed by atoms with Crippen LogP contribution in [0.1, 0.15) is 37.3 Å². The third kappa shape index (κ3) is 1.82. The van der Waals surface area contributed by atoms with Gasteiger partial charge in [0.15, 0.2) is 0 Å². The van der Waals surface area contributed by atoms with Crippen molar-refractivity contribution in [2.45, 2.75) is 38.6 Å². The number of aryl methyl sites for hydroxylation is 1. The molecule has 116 valence electrons. The molecule has 0 aliphatic heterocycles. The van der Waals surface area contributed by atoms with Crippen molar-refractivity contribution in [2.75, 3.05) is 0 Å². The molecular formula is C18H21NO3. The Morgan fingerprint density at radius 1 is 1.23 bits per heavy atom. The molecule has 4 heteroatoms. The van der Waals surface area contributed by atoms with Gasteiger partial charge in [-0.1, -0.05) is 38.1 Å². The zero-order chi connectivity index (χ0) is 15.6. The maximum Gasteiger partial charge on any atom is 0.307 e. The average molecular weight is 299 g/mol. The van der Waals surface area contributed by atoms with Gasteiger partial charge in [-0.3, -0.25) is 9.59 Å². The lowest BCUT2D eigenvalue weighted by molar-refractivity contribution is -0.140. The average Bonchev–Trinajstić information content (AvgIpc) is 3.32. The predicted octanol–water partition coefficient (Wildman–Crippen LogP) is 2.19. The van der Waals surface area contributed by atoms with Gasteiger partial charge in [-0.2, -0.15) is 0 Å². The van der Waals surface area contributed by atoms with Crippen LogP contribution in [0, 0.1) is 23.2 Å². The van der Waals surface area contributed by atoms with Gasteiger partial charge in [-0.15, -0.1) is 0 Å². The Bertz CT molecular complexity index is 666. The zero-order valence-electron chi connectivity index (χ0n) is 12.9. The molecule has 0 spiro atoms. The predicted molar refractivity (Wildman–Crippen MR) is 81.3 cm³/mol. The largest absolute Gasteiger partial charge is 0.481 e. The monoisotopic (exact) mass is 299 g/mol. The smallest absolute Gasteiger partial charge is 0.307 e. The number of amides is 1. The van der Waals surface area contributed by atoms with Gasteiger partial charge in [0.2, 0.25) is 5.91 Å². The van der Waals surface area contributed by atoms with Gasteiger partial charge in [0.25, 0.3) is 0 Å². The Labute approximate surface area is 129 Å². The summed E-state index contributed by atoms with van der Waals surface area (Å²) >= 11 is 0. The summed E-state index contributed by atoms with van der Waals surface area (Å²) in [5.74, 6) is -0.899. The minimum Gasteiger partial charge on any atom is -0.481 e. The lowest BCUT2D eigenvalue weighted by Gasteiger charge is -2.13. The van der Waals surface area contributed by atoms with Crippen LogP contribution in [0.5, 0.6) is 0 Å². The first-order chi connectivity index (χ1) is 10.4. The summed E-state index contributed by atoms with van der Waals surface area (Å²) < 4.78 is 0. The molecule has 4 nitrogen and oxygen atoms in total. The van der Waals surface area contributed by atoms with E-state index < -0.39 is 17.3 Å². The Kier molecular flexibility index (Phi) is 2.72. The molecule has 1 aromatic rings. The maximum absolute atomic E-state index is 12.5. The molecule has 2 N–H and O–H groups in total. The summed E-state index contributed by atoms with van der Waals surface area (Å²) in [6.07, 6.45) is 2.19. The normalized spacial score (nSPS) is 36.7. The van der Waals surface area contributed by atoms with E-state index in [0.29, 0.717) is 11.8 Å². The van der Waals surface area contributed by atoms with Crippen molar-refractivity contribution in [3.05, 3.63) is 35.4 Å². The highest BCUT2D eigenvalue weighted by atomic mass is 16.4. The minimum atomic E-state index is -0.858. The van der Waals surface area contributed by atoms with Crippen molar-refractivity contribution in [3.8, 4) is 0 Å². The van der Waals surface area contributed by atoms with E-state index in [1.807, 2.05) is 13.8 Å². The number of carboxylic acids is 1. The standard InChI is InChI=1S/C18H21NO3/c1-18(2)13(14(18)17(21)22)16(20)19-15-11-8-7-9-5-3-4-6-10(9)12(11)15/h3-6,11-15H,7-8H2,1-2H3,(H,19,20)(H,21,22)/t11?,12?,13-,14+,15?/m1/s1. The van der Waals surface area contributed by atoms with E-state index in [2.05, 4.69) is 29.6 Å². The number of carbonyl (C=O) groups is 2. The van der Waals surface area contributed by atoms with Gasteiger partial charge in [0.1, 0.15) is 0 Å². The fourth-order valence-electron chi connectivity index (χ4n) is 4.61. The maximum atomic E-state index is 12.5. The number of hydrogen-bond donors (Lipinski definition) is 2. The van der Waals surface area contributed by atoms with Crippen LogP contribution in [0.2, 0.25) is 0 Å². The van der Waals surface area contributed by atoms with Gasteiger partial charge < -0.3 is 10.4 Å². The molecule has 0 bridgehead atoms. The highest BCUT2D eigenvalue weighted by molar-refractivity contribution is 5.92. The van der Waals surface area contributed by atoms with E-state index in [9.17, 15) is 14.7 Å². The first-order valence-corrected chi connectivity index (χ1v) is 8.04. The van der Waals surface area contributed by atoms with Gasteiger partial charge in [0, 0.05) is 12.0 Å². The number of fused-ring (bicyclic) bond motifs is 3. The van der Waals surface area contributed by atoms with E-state index >= 15 is 0 Å². The molecule has 0 aromatic heterocycles. The molecule has 0 radical (unpaired) electrons. The highest BCUT2D eigenvalue weighted by Crippen LogP contribution is 2.60. The van der Waals surface area contributed by atoms with E-state index in [1.54, 1.807) is 0 Å². The molecule has 3 unspecified atom stereocenters. The number of benzene rings is 1. The third-order valence-corrected chi connectivity index (χ3v) is 6.01. The molecular weight excluding hydrogens is 278 g/mol. The Hall–Kier alpha value is -1.84. The Morgan fingerprint density at radius 2 is 1.95 bits per heavy atom.